The fraction of sp³-hybridized carbons (Fsp3) is 0.652. The fourth-order valence-corrected chi connectivity index (χ4v) is 5.68. The van der Waals surface area contributed by atoms with E-state index in [-0.39, 0.29) is 41.3 Å². The summed E-state index contributed by atoms with van der Waals surface area (Å²) in [6.07, 6.45) is 12.1. The Bertz CT molecular complexity index is 633. The summed E-state index contributed by atoms with van der Waals surface area (Å²) >= 11 is 0. The van der Waals surface area contributed by atoms with E-state index in [0.29, 0.717) is 11.8 Å². The van der Waals surface area contributed by atoms with E-state index < -0.39 is 5.60 Å². The SMILES string of the molecule is C=CC1CC(/C=C\C2CC(C=C)C3C(=O)OC(C)(CC)C23)C(C(C)=O)C1. The van der Waals surface area contributed by atoms with Gasteiger partial charge >= 0.3 is 5.97 Å². The van der Waals surface area contributed by atoms with Crippen LogP contribution in [0.15, 0.2) is 37.5 Å². The molecule has 0 aromatic heterocycles. The molecule has 2 saturated carbocycles. The third kappa shape index (κ3) is 3.10. The van der Waals surface area contributed by atoms with Crippen LogP contribution in [0.5, 0.6) is 0 Å². The summed E-state index contributed by atoms with van der Waals surface area (Å²) in [7, 11) is 0. The van der Waals surface area contributed by atoms with Crippen LogP contribution in [-0.2, 0) is 14.3 Å². The van der Waals surface area contributed by atoms with Crippen molar-refractivity contribution in [2.75, 3.05) is 0 Å². The number of ether oxygens (including phenoxy) is 1. The van der Waals surface area contributed by atoms with Crippen LogP contribution in [0.3, 0.4) is 0 Å². The van der Waals surface area contributed by atoms with Gasteiger partial charge in [-0.3, -0.25) is 9.59 Å². The minimum Gasteiger partial charge on any atom is -0.459 e. The first-order valence-corrected chi connectivity index (χ1v) is 10.0. The van der Waals surface area contributed by atoms with Crippen LogP contribution in [0.2, 0.25) is 0 Å². The van der Waals surface area contributed by atoms with E-state index in [2.05, 4.69) is 39.2 Å². The highest BCUT2D eigenvalue weighted by Gasteiger charge is 2.60. The zero-order valence-electron chi connectivity index (χ0n) is 16.3. The van der Waals surface area contributed by atoms with Crippen molar-refractivity contribution in [2.24, 2.45) is 41.4 Å². The molecule has 1 heterocycles. The number of rotatable bonds is 6. The van der Waals surface area contributed by atoms with Crippen LogP contribution in [0.4, 0.5) is 0 Å². The predicted octanol–water partition coefficient (Wildman–Crippen LogP) is 4.74. The third-order valence-electron chi connectivity index (χ3n) is 7.28. The van der Waals surface area contributed by atoms with Gasteiger partial charge in [0.05, 0.1) is 5.92 Å². The zero-order chi connectivity index (χ0) is 19.1. The van der Waals surface area contributed by atoms with Crippen molar-refractivity contribution in [3.8, 4) is 0 Å². The maximum atomic E-state index is 12.5. The zero-order valence-corrected chi connectivity index (χ0v) is 16.3. The molecule has 2 aliphatic carbocycles. The first-order chi connectivity index (χ1) is 12.3. The van der Waals surface area contributed by atoms with E-state index in [1.54, 1.807) is 6.92 Å². The van der Waals surface area contributed by atoms with Crippen molar-refractivity contribution >= 4 is 11.8 Å². The van der Waals surface area contributed by atoms with E-state index in [4.69, 9.17) is 4.74 Å². The van der Waals surface area contributed by atoms with Crippen molar-refractivity contribution in [1.29, 1.82) is 0 Å². The topological polar surface area (TPSA) is 43.4 Å². The molecule has 0 N–H and O–H groups in total. The van der Waals surface area contributed by atoms with Crippen molar-refractivity contribution in [3.63, 3.8) is 0 Å². The maximum Gasteiger partial charge on any atom is 0.310 e. The van der Waals surface area contributed by atoms with Gasteiger partial charge in [0.15, 0.2) is 0 Å². The minimum atomic E-state index is -0.395. The van der Waals surface area contributed by atoms with E-state index in [1.165, 1.54) is 0 Å². The molecule has 8 atom stereocenters. The Kier molecular flexibility index (Phi) is 5.28. The molecule has 3 heteroatoms. The van der Waals surface area contributed by atoms with Gasteiger partial charge in [0.2, 0.25) is 0 Å². The number of carbonyl (C=O) groups is 2. The van der Waals surface area contributed by atoms with Gasteiger partial charge in [-0.1, -0.05) is 31.2 Å². The number of hydrogen-bond acceptors (Lipinski definition) is 3. The molecule has 0 bridgehead atoms. The second kappa shape index (κ2) is 7.17. The van der Waals surface area contributed by atoms with Crippen molar-refractivity contribution in [1.82, 2.24) is 0 Å². The molecule has 1 aliphatic heterocycles. The normalized spacial score (nSPS) is 44.9. The number of esters is 1. The van der Waals surface area contributed by atoms with E-state index >= 15 is 0 Å². The molecule has 0 aromatic carbocycles. The Morgan fingerprint density at radius 1 is 1.15 bits per heavy atom. The van der Waals surface area contributed by atoms with E-state index in [0.717, 1.165) is 25.7 Å². The molecule has 1 saturated heterocycles. The summed E-state index contributed by atoms with van der Waals surface area (Å²) in [6, 6.07) is 0. The van der Waals surface area contributed by atoms with Crippen LogP contribution in [0.1, 0.15) is 46.5 Å². The molecule has 142 valence electrons. The molecule has 3 rings (SSSR count). The molecular formula is C23H32O3. The lowest BCUT2D eigenvalue weighted by molar-refractivity contribution is -0.151. The van der Waals surface area contributed by atoms with Gasteiger partial charge in [0, 0.05) is 11.8 Å². The lowest BCUT2D eigenvalue weighted by Gasteiger charge is -2.31. The van der Waals surface area contributed by atoms with Crippen molar-refractivity contribution in [2.45, 2.75) is 52.1 Å². The van der Waals surface area contributed by atoms with Crippen LogP contribution >= 0.6 is 0 Å². The number of cyclic esters (lactones) is 1. The lowest BCUT2D eigenvalue weighted by Crippen LogP contribution is -2.34. The summed E-state index contributed by atoms with van der Waals surface area (Å²) in [5, 5.41) is 0. The van der Waals surface area contributed by atoms with Crippen LogP contribution in [0.25, 0.3) is 0 Å². The molecule has 0 amide bonds. The second-order valence-corrected chi connectivity index (χ2v) is 8.67. The number of carbonyl (C=O) groups excluding carboxylic acids is 2. The Balaban J connectivity index is 1.83. The standard InChI is InChI=1S/C23H32O3/c1-6-15-11-17(19(12-15)14(4)24)9-10-18-13-16(7-2)20-21(18)23(5,8-3)26-22(20)25/h6-7,9-10,15-21H,1-2,8,11-13H2,3-5H3/b10-9-. The van der Waals surface area contributed by atoms with Crippen molar-refractivity contribution in [3.05, 3.63) is 37.5 Å². The van der Waals surface area contributed by atoms with Gasteiger partial charge in [0.1, 0.15) is 11.4 Å². The average Bonchev–Trinajstić information content (AvgIpc) is 3.27. The van der Waals surface area contributed by atoms with Crippen LogP contribution in [-0.4, -0.2) is 17.4 Å². The second-order valence-electron chi connectivity index (χ2n) is 8.67. The fourth-order valence-electron chi connectivity index (χ4n) is 5.68. The predicted molar refractivity (Wildman–Crippen MR) is 103 cm³/mol. The van der Waals surface area contributed by atoms with Gasteiger partial charge in [-0.2, -0.15) is 0 Å². The van der Waals surface area contributed by atoms with Gasteiger partial charge in [-0.05, 0) is 63.2 Å². The molecule has 3 fully saturated rings. The van der Waals surface area contributed by atoms with E-state index in [9.17, 15) is 9.59 Å². The summed E-state index contributed by atoms with van der Waals surface area (Å²) in [5.41, 5.74) is -0.395. The Labute approximate surface area is 157 Å². The first kappa shape index (κ1) is 19.1. The maximum absolute atomic E-state index is 12.5. The Morgan fingerprint density at radius 2 is 1.85 bits per heavy atom. The smallest absolute Gasteiger partial charge is 0.310 e. The molecule has 8 unspecified atom stereocenters. The molecule has 3 nitrogen and oxygen atoms in total. The molecule has 0 radical (unpaired) electrons. The summed E-state index contributed by atoms with van der Waals surface area (Å²) in [4.78, 5) is 24.5. The highest BCUT2D eigenvalue weighted by atomic mass is 16.6. The largest absolute Gasteiger partial charge is 0.459 e. The number of fused-ring (bicyclic) bond motifs is 1. The number of Topliss-reactive ketones (excluding diaryl/α,β-unsaturated/α-hetero) is 1. The monoisotopic (exact) mass is 356 g/mol. The van der Waals surface area contributed by atoms with Gasteiger partial charge in [-0.15, -0.1) is 13.2 Å². The quantitative estimate of drug-likeness (QED) is 0.510. The van der Waals surface area contributed by atoms with Crippen LogP contribution in [0, 0.1) is 41.4 Å². The van der Waals surface area contributed by atoms with E-state index in [1.807, 2.05) is 12.2 Å². The average molecular weight is 357 g/mol. The molecule has 0 aromatic rings. The third-order valence-corrected chi connectivity index (χ3v) is 7.28. The first-order valence-electron chi connectivity index (χ1n) is 10.0. The minimum absolute atomic E-state index is 0.0608. The molecule has 3 aliphatic rings. The van der Waals surface area contributed by atoms with Crippen LogP contribution < -0.4 is 0 Å². The summed E-state index contributed by atoms with van der Waals surface area (Å²) < 4.78 is 5.80. The molecule has 0 spiro atoms. The molecule has 26 heavy (non-hydrogen) atoms. The number of hydrogen-bond donors (Lipinski definition) is 0. The number of allylic oxidation sites excluding steroid dienone is 4. The lowest BCUT2D eigenvalue weighted by atomic mass is 9.76. The van der Waals surface area contributed by atoms with Gasteiger partial charge < -0.3 is 4.74 Å². The Hall–Kier alpha value is -1.64. The summed E-state index contributed by atoms with van der Waals surface area (Å²) in [5.74, 6) is 1.63. The van der Waals surface area contributed by atoms with Gasteiger partial charge in [-0.25, -0.2) is 0 Å². The van der Waals surface area contributed by atoms with Crippen molar-refractivity contribution < 1.29 is 14.3 Å². The number of ketones is 1. The molecular weight excluding hydrogens is 324 g/mol. The highest BCUT2D eigenvalue weighted by Crippen LogP contribution is 2.55. The van der Waals surface area contributed by atoms with Gasteiger partial charge in [0.25, 0.3) is 0 Å². The summed E-state index contributed by atoms with van der Waals surface area (Å²) in [6.45, 7) is 13.7. The Morgan fingerprint density at radius 3 is 2.42 bits per heavy atom. The highest BCUT2D eigenvalue weighted by molar-refractivity contribution is 5.79.